The third-order valence-electron chi connectivity index (χ3n) is 8.51. The van der Waals surface area contributed by atoms with Gasteiger partial charge >= 0.3 is 12.1 Å². The number of aliphatic carboxylic acids is 1. The predicted octanol–water partition coefficient (Wildman–Crippen LogP) is 4.46. The second kappa shape index (κ2) is 11.3. The van der Waals surface area contributed by atoms with Crippen LogP contribution in [-0.4, -0.2) is 67.5 Å². The van der Waals surface area contributed by atoms with Crippen molar-refractivity contribution in [3.8, 4) is 0 Å². The van der Waals surface area contributed by atoms with Gasteiger partial charge < -0.3 is 10.0 Å². The number of halogens is 4. The molecule has 45 heavy (non-hydrogen) atoms. The molecule has 2 atom stereocenters. The van der Waals surface area contributed by atoms with Gasteiger partial charge in [0.25, 0.3) is 0 Å². The summed E-state index contributed by atoms with van der Waals surface area (Å²) < 4.78 is 84.6. The smallest absolute Gasteiger partial charge is 0.452 e. The zero-order valence-corrected chi connectivity index (χ0v) is 25.1. The van der Waals surface area contributed by atoms with E-state index in [9.17, 15) is 35.9 Å². The number of anilines is 1. The fraction of sp³-hybridized carbons (Fsp3) is 0.414. The standard InChI is InChI=1S/C29H29F4N7O4S/c1-16-6-7-22(21(12-25(41)42)20-8-10-40-26(17(20)2)36-37-28(40)29(31,32)33)35-23(16)15-38-14-19-5-3-4-9-39(19)27-24(45(38,43)44)11-18(30)13-34-27/h6-8,10-11,13,19,21H,3-5,9,12,14-15H2,1-2H3,(H,41,42)/t19-,21-/m0/s1. The lowest BCUT2D eigenvalue weighted by molar-refractivity contribution is -0.145. The molecule has 0 bridgehead atoms. The molecule has 11 nitrogen and oxygen atoms in total. The number of alkyl halides is 3. The molecule has 2 aliphatic rings. The van der Waals surface area contributed by atoms with Crippen LogP contribution < -0.4 is 4.90 Å². The van der Waals surface area contributed by atoms with E-state index >= 15 is 0 Å². The summed E-state index contributed by atoms with van der Waals surface area (Å²) in [5.41, 5.74) is 1.92. The first-order chi connectivity index (χ1) is 21.3. The molecule has 6 heterocycles. The molecule has 4 aromatic heterocycles. The number of rotatable bonds is 6. The molecule has 16 heteroatoms. The van der Waals surface area contributed by atoms with E-state index in [1.807, 2.05) is 4.90 Å². The molecule has 0 spiro atoms. The van der Waals surface area contributed by atoms with E-state index in [0.29, 0.717) is 34.6 Å². The Balaban J connectivity index is 1.41. The van der Waals surface area contributed by atoms with Gasteiger partial charge in [0.2, 0.25) is 15.8 Å². The van der Waals surface area contributed by atoms with E-state index in [2.05, 4.69) is 15.2 Å². The molecule has 0 aromatic carbocycles. The number of sulfonamides is 1. The number of fused-ring (bicyclic) bond motifs is 4. The van der Waals surface area contributed by atoms with E-state index in [1.165, 1.54) is 17.3 Å². The Hall–Kier alpha value is -4.18. The molecular weight excluding hydrogens is 618 g/mol. The van der Waals surface area contributed by atoms with Crippen LogP contribution in [0.25, 0.3) is 5.65 Å². The third-order valence-corrected chi connectivity index (χ3v) is 10.3. The number of carboxylic acid groups (broad SMARTS) is 1. The number of aromatic nitrogens is 5. The molecule has 6 rings (SSSR count). The Morgan fingerprint density at radius 3 is 2.67 bits per heavy atom. The summed E-state index contributed by atoms with van der Waals surface area (Å²) in [5, 5.41) is 16.8. The monoisotopic (exact) mass is 647 g/mol. The van der Waals surface area contributed by atoms with E-state index in [4.69, 9.17) is 4.98 Å². The normalized spacial score (nSPS) is 19.2. The van der Waals surface area contributed by atoms with Crippen LogP contribution in [0.3, 0.4) is 0 Å². The van der Waals surface area contributed by atoms with Gasteiger partial charge in [0, 0.05) is 36.9 Å². The van der Waals surface area contributed by atoms with Crippen LogP contribution in [-0.2, 0) is 27.5 Å². The molecule has 4 aromatic rings. The first-order valence-electron chi connectivity index (χ1n) is 14.3. The minimum absolute atomic E-state index is 0.0743. The fourth-order valence-electron chi connectivity index (χ4n) is 6.24. The number of hydrogen-bond donors (Lipinski definition) is 1. The number of carboxylic acids is 1. The van der Waals surface area contributed by atoms with Crippen LogP contribution in [0.2, 0.25) is 0 Å². The summed E-state index contributed by atoms with van der Waals surface area (Å²) in [6, 6.07) is 5.51. The summed E-state index contributed by atoms with van der Waals surface area (Å²) >= 11 is 0. The molecule has 0 amide bonds. The highest BCUT2D eigenvalue weighted by atomic mass is 32.2. The Morgan fingerprint density at radius 2 is 1.93 bits per heavy atom. The van der Waals surface area contributed by atoms with Gasteiger partial charge in [-0.3, -0.25) is 14.2 Å². The van der Waals surface area contributed by atoms with Crippen LogP contribution in [0.5, 0.6) is 0 Å². The lowest BCUT2D eigenvalue weighted by atomic mass is 9.89. The summed E-state index contributed by atoms with van der Waals surface area (Å²) in [6.07, 6.45) is -0.561. The molecule has 0 aliphatic carbocycles. The van der Waals surface area contributed by atoms with Crippen molar-refractivity contribution in [2.24, 2.45) is 0 Å². The van der Waals surface area contributed by atoms with Crippen LogP contribution in [0.4, 0.5) is 23.4 Å². The average molecular weight is 648 g/mol. The zero-order valence-electron chi connectivity index (χ0n) is 24.3. The number of pyridine rings is 3. The van der Waals surface area contributed by atoms with Gasteiger partial charge in [0.05, 0.1) is 24.9 Å². The number of piperidine rings is 1. The average Bonchev–Trinajstić information content (AvgIpc) is 3.40. The first kappa shape index (κ1) is 30.8. The van der Waals surface area contributed by atoms with E-state index in [0.717, 1.165) is 42.1 Å². The number of hydrogen-bond acceptors (Lipinski definition) is 8. The molecule has 1 saturated heterocycles. The maximum absolute atomic E-state index is 14.3. The second-order valence-electron chi connectivity index (χ2n) is 11.4. The van der Waals surface area contributed by atoms with Crippen molar-refractivity contribution in [1.29, 1.82) is 0 Å². The second-order valence-corrected chi connectivity index (χ2v) is 13.3. The van der Waals surface area contributed by atoms with E-state index in [1.54, 1.807) is 19.1 Å². The van der Waals surface area contributed by atoms with Crippen molar-refractivity contribution in [1.82, 2.24) is 28.9 Å². The highest BCUT2D eigenvalue weighted by Gasteiger charge is 2.40. The van der Waals surface area contributed by atoms with Gasteiger partial charge in [0.1, 0.15) is 16.5 Å². The Morgan fingerprint density at radius 1 is 1.16 bits per heavy atom. The van der Waals surface area contributed by atoms with Crippen molar-refractivity contribution in [3.63, 3.8) is 0 Å². The van der Waals surface area contributed by atoms with Gasteiger partial charge in [-0.15, -0.1) is 10.2 Å². The van der Waals surface area contributed by atoms with Gasteiger partial charge in [-0.1, -0.05) is 6.07 Å². The quantitative estimate of drug-likeness (QED) is 0.301. The number of carbonyl (C=O) groups is 1. The minimum Gasteiger partial charge on any atom is -0.481 e. The third kappa shape index (κ3) is 5.60. The lowest BCUT2D eigenvalue weighted by Gasteiger charge is -2.36. The van der Waals surface area contributed by atoms with Crippen molar-refractivity contribution < 1.29 is 35.9 Å². The zero-order chi connectivity index (χ0) is 32.3. The number of nitrogens with zero attached hydrogens (tertiary/aromatic N) is 7. The lowest BCUT2D eigenvalue weighted by Crippen LogP contribution is -2.45. The van der Waals surface area contributed by atoms with Crippen molar-refractivity contribution in [2.45, 2.75) is 69.1 Å². The Labute approximate surface area is 255 Å². The van der Waals surface area contributed by atoms with Gasteiger partial charge in [0.15, 0.2) is 5.65 Å². The highest BCUT2D eigenvalue weighted by Crippen LogP contribution is 2.37. The molecule has 0 radical (unpaired) electrons. The first-order valence-corrected chi connectivity index (χ1v) is 15.7. The molecule has 1 N–H and O–H groups in total. The van der Waals surface area contributed by atoms with Crippen LogP contribution in [0.1, 0.15) is 65.5 Å². The molecular formula is C29H29F4N7O4S. The molecule has 1 fully saturated rings. The molecule has 0 unspecified atom stereocenters. The minimum atomic E-state index is -4.74. The molecule has 2 aliphatic heterocycles. The fourth-order valence-corrected chi connectivity index (χ4v) is 7.84. The van der Waals surface area contributed by atoms with E-state index in [-0.39, 0.29) is 35.5 Å². The van der Waals surface area contributed by atoms with Crippen molar-refractivity contribution in [2.75, 3.05) is 18.0 Å². The maximum Gasteiger partial charge on any atom is 0.452 e. The number of aryl methyl sites for hydroxylation is 2. The van der Waals surface area contributed by atoms with Crippen molar-refractivity contribution >= 4 is 27.5 Å². The van der Waals surface area contributed by atoms with Crippen LogP contribution in [0.15, 0.2) is 41.6 Å². The van der Waals surface area contributed by atoms with Crippen LogP contribution in [0, 0.1) is 19.7 Å². The topological polar surface area (TPSA) is 134 Å². The van der Waals surface area contributed by atoms with Crippen LogP contribution >= 0.6 is 0 Å². The predicted molar refractivity (Wildman–Crippen MR) is 153 cm³/mol. The SMILES string of the molecule is Cc1ccc([C@@H](CC(=O)O)c2ccn3c(C(F)(F)F)nnc3c2C)nc1CN1C[C@@H]2CCCCN2c2ncc(F)cc2S1(=O)=O. The Bertz CT molecular complexity index is 1910. The molecule has 0 saturated carbocycles. The highest BCUT2D eigenvalue weighted by molar-refractivity contribution is 7.89. The van der Waals surface area contributed by atoms with Gasteiger partial charge in [-0.25, -0.2) is 17.8 Å². The Kier molecular flexibility index (Phi) is 7.75. The van der Waals surface area contributed by atoms with Gasteiger partial charge in [-0.05, 0) is 68.0 Å². The maximum atomic E-state index is 14.3. The summed E-state index contributed by atoms with van der Waals surface area (Å²) in [7, 11) is -4.21. The summed E-state index contributed by atoms with van der Waals surface area (Å²) in [6.45, 7) is 3.82. The largest absolute Gasteiger partial charge is 0.481 e. The molecule has 238 valence electrons. The summed E-state index contributed by atoms with van der Waals surface area (Å²) in [4.78, 5) is 22.6. The summed E-state index contributed by atoms with van der Waals surface area (Å²) in [5.74, 6) is -3.82. The van der Waals surface area contributed by atoms with Gasteiger partial charge in [-0.2, -0.15) is 17.5 Å². The van der Waals surface area contributed by atoms with E-state index < -0.39 is 46.1 Å². The van der Waals surface area contributed by atoms with Crippen molar-refractivity contribution in [3.05, 3.63) is 76.4 Å².